The van der Waals surface area contributed by atoms with Crippen LogP contribution in [0.4, 0.5) is 0 Å². The molecule has 29 heavy (non-hydrogen) atoms. The molecule has 0 bridgehead atoms. The molecule has 1 N–H and O–H groups in total. The van der Waals surface area contributed by atoms with Crippen molar-refractivity contribution < 1.29 is 14.3 Å². The van der Waals surface area contributed by atoms with Gasteiger partial charge in [-0.25, -0.2) is 0 Å². The van der Waals surface area contributed by atoms with Crippen LogP contribution in [0, 0.1) is 0 Å². The Morgan fingerprint density at radius 1 is 1.17 bits per heavy atom. The average molecular weight is 429 g/mol. The summed E-state index contributed by atoms with van der Waals surface area (Å²) < 4.78 is 4.86. The summed E-state index contributed by atoms with van der Waals surface area (Å²) in [5.74, 6) is -0.648. The number of amides is 1. The lowest BCUT2D eigenvalue weighted by atomic mass is 9.81. The Morgan fingerprint density at radius 3 is 2.66 bits per heavy atom. The van der Waals surface area contributed by atoms with Gasteiger partial charge in [-0.3, -0.25) is 14.6 Å². The molecule has 5 nitrogen and oxygen atoms in total. The zero-order valence-corrected chi connectivity index (χ0v) is 17.4. The smallest absolute Gasteiger partial charge is 0.308 e. The number of halogens is 2. The Balaban J connectivity index is 1.95. The van der Waals surface area contributed by atoms with Crippen LogP contribution >= 0.6 is 23.2 Å². The summed E-state index contributed by atoms with van der Waals surface area (Å²) in [5.41, 5.74) is 3.35. The third-order valence-electron chi connectivity index (χ3n) is 5.27. The number of ether oxygens (including phenoxy) is 1. The van der Waals surface area contributed by atoms with E-state index in [1.165, 1.54) is 7.11 Å². The predicted molar refractivity (Wildman–Crippen MR) is 114 cm³/mol. The number of hydrogen-bond donors (Lipinski definition) is 1. The fraction of sp³-hybridized carbons (Fsp3) is 0.227. The first-order valence-electron chi connectivity index (χ1n) is 9.06. The second kappa shape index (κ2) is 7.32. The topological polar surface area (TPSA) is 67.8 Å². The van der Waals surface area contributed by atoms with Gasteiger partial charge in [-0.05, 0) is 36.3 Å². The number of nitrogens with zero attached hydrogens (tertiary/aromatic N) is 1. The number of fused-ring (bicyclic) bond motifs is 2. The summed E-state index contributed by atoms with van der Waals surface area (Å²) in [6.07, 6.45) is 0.0115. The zero-order valence-electron chi connectivity index (χ0n) is 15.9. The highest BCUT2D eigenvalue weighted by Gasteiger charge is 2.45. The summed E-state index contributed by atoms with van der Waals surface area (Å²) >= 11 is 12.8. The lowest BCUT2D eigenvalue weighted by Gasteiger charge is -2.28. The Kier molecular flexibility index (Phi) is 4.97. The van der Waals surface area contributed by atoms with E-state index in [-0.39, 0.29) is 18.9 Å². The van der Waals surface area contributed by atoms with Crippen LogP contribution in [0.5, 0.6) is 0 Å². The van der Waals surface area contributed by atoms with Gasteiger partial charge in [-0.2, -0.15) is 0 Å². The summed E-state index contributed by atoms with van der Waals surface area (Å²) in [7, 11) is 1.33. The molecule has 0 fully saturated rings. The van der Waals surface area contributed by atoms with Gasteiger partial charge in [0.05, 0.1) is 31.3 Å². The van der Waals surface area contributed by atoms with E-state index in [0.717, 1.165) is 22.3 Å². The van der Waals surface area contributed by atoms with Crippen LogP contribution in [0.2, 0.25) is 10.0 Å². The van der Waals surface area contributed by atoms with Crippen LogP contribution in [0.1, 0.15) is 30.0 Å². The SMILES string of the molecule is COC(=O)CC1(C)NC(=O)C2=C1c1ccc(Cl)cc1C(c1ccccc1Cl)=NC2. The van der Waals surface area contributed by atoms with Gasteiger partial charge in [0, 0.05) is 26.7 Å². The van der Waals surface area contributed by atoms with E-state index in [1.54, 1.807) is 12.1 Å². The number of nitrogens with one attached hydrogen (secondary N) is 1. The number of aliphatic imine (C=N–C) groups is 1. The molecule has 0 saturated heterocycles. The maximum absolute atomic E-state index is 12.8. The standard InChI is InChI=1S/C22H18Cl2N2O3/c1-22(10-18(27)29-2)19-13-8-7-12(23)9-15(13)20(14-5-3-4-6-17(14)24)25-11-16(19)21(28)26-22/h3-9H,10-11H2,1-2H3,(H,26,28). The van der Waals surface area contributed by atoms with Crippen molar-refractivity contribution in [2.45, 2.75) is 18.9 Å². The van der Waals surface area contributed by atoms with Gasteiger partial charge in [-0.1, -0.05) is 47.5 Å². The average Bonchev–Trinajstić information content (AvgIpc) is 2.83. The molecule has 4 rings (SSSR count). The molecule has 148 valence electrons. The zero-order chi connectivity index (χ0) is 20.8. The number of methoxy groups -OCH3 is 1. The van der Waals surface area contributed by atoms with Gasteiger partial charge < -0.3 is 10.1 Å². The Hall–Kier alpha value is -2.63. The molecule has 1 atom stereocenters. The summed E-state index contributed by atoms with van der Waals surface area (Å²) in [5, 5.41) is 4.04. The molecular formula is C22H18Cl2N2O3. The van der Waals surface area contributed by atoms with Gasteiger partial charge in [0.25, 0.3) is 0 Å². The van der Waals surface area contributed by atoms with Crippen molar-refractivity contribution in [2.75, 3.05) is 13.7 Å². The molecule has 2 aliphatic rings. The third-order valence-corrected chi connectivity index (χ3v) is 5.84. The maximum Gasteiger partial charge on any atom is 0.308 e. The fourth-order valence-corrected chi connectivity index (χ4v) is 4.39. The molecule has 2 aromatic rings. The molecule has 0 saturated carbocycles. The van der Waals surface area contributed by atoms with Crippen LogP contribution in [-0.4, -0.2) is 36.8 Å². The second-order valence-corrected chi connectivity index (χ2v) is 8.07. The predicted octanol–water partition coefficient (Wildman–Crippen LogP) is 4.05. The summed E-state index contributed by atoms with van der Waals surface area (Å²) in [6.45, 7) is 1.99. The van der Waals surface area contributed by atoms with Crippen LogP contribution in [-0.2, 0) is 14.3 Å². The molecule has 0 spiro atoms. The van der Waals surface area contributed by atoms with Gasteiger partial charge in [-0.15, -0.1) is 0 Å². The van der Waals surface area contributed by atoms with Crippen molar-refractivity contribution in [1.29, 1.82) is 0 Å². The molecule has 1 unspecified atom stereocenters. The van der Waals surface area contributed by atoms with Gasteiger partial charge >= 0.3 is 5.97 Å². The normalized spacial score (nSPS) is 20.4. The Morgan fingerprint density at radius 2 is 1.93 bits per heavy atom. The number of carbonyl (C=O) groups is 2. The van der Waals surface area contributed by atoms with Gasteiger partial charge in [0.15, 0.2) is 0 Å². The minimum atomic E-state index is -0.909. The number of carbonyl (C=O) groups excluding carboxylic acids is 2. The number of benzene rings is 2. The van der Waals surface area contributed by atoms with Crippen molar-refractivity contribution in [3.8, 4) is 0 Å². The Labute approximate surface area is 178 Å². The second-order valence-electron chi connectivity index (χ2n) is 7.23. The molecule has 0 radical (unpaired) electrons. The van der Waals surface area contributed by atoms with Crippen molar-refractivity contribution in [3.63, 3.8) is 0 Å². The summed E-state index contributed by atoms with van der Waals surface area (Å²) in [4.78, 5) is 29.6. The Bertz CT molecular complexity index is 1110. The molecule has 2 heterocycles. The quantitative estimate of drug-likeness (QED) is 0.749. The largest absolute Gasteiger partial charge is 0.469 e. The first-order valence-corrected chi connectivity index (χ1v) is 9.82. The van der Waals surface area contributed by atoms with Crippen molar-refractivity contribution in [1.82, 2.24) is 5.32 Å². The molecule has 2 aliphatic heterocycles. The first-order chi connectivity index (χ1) is 13.8. The van der Waals surface area contributed by atoms with E-state index in [9.17, 15) is 9.59 Å². The van der Waals surface area contributed by atoms with Crippen LogP contribution < -0.4 is 5.32 Å². The van der Waals surface area contributed by atoms with Crippen molar-refractivity contribution in [2.24, 2.45) is 4.99 Å². The number of rotatable bonds is 3. The van der Waals surface area contributed by atoms with E-state index < -0.39 is 11.5 Å². The highest BCUT2D eigenvalue weighted by Crippen LogP contribution is 2.42. The molecule has 1 amide bonds. The monoisotopic (exact) mass is 428 g/mol. The van der Waals surface area contributed by atoms with Crippen molar-refractivity contribution in [3.05, 3.63) is 74.8 Å². The molecule has 7 heteroatoms. The molecular weight excluding hydrogens is 411 g/mol. The third kappa shape index (κ3) is 3.34. The van der Waals surface area contributed by atoms with E-state index in [4.69, 9.17) is 32.9 Å². The lowest BCUT2D eigenvalue weighted by molar-refractivity contribution is -0.141. The van der Waals surface area contributed by atoms with Crippen LogP contribution in [0.15, 0.2) is 53.0 Å². The molecule has 0 aliphatic carbocycles. The van der Waals surface area contributed by atoms with E-state index in [2.05, 4.69) is 5.32 Å². The fourth-order valence-electron chi connectivity index (χ4n) is 4.00. The maximum atomic E-state index is 12.8. The van der Waals surface area contributed by atoms with Gasteiger partial charge in [0.1, 0.15) is 0 Å². The van der Waals surface area contributed by atoms with E-state index in [1.807, 2.05) is 37.3 Å². The minimum Gasteiger partial charge on any atom is -0.469 e. The highest BCUT2D eigenvalue weighted by atomic mass is 35.5. The van der Waals surface area contributed by atoms with E-state index in [0.29, 0.717) is 21.3 Å². The molecule has 0 aromatic heterocycles. The minimum absolute atomic E-state index is 0.0115. The van der Waals surface area contributed by atoms with Crippen molar-refractivity contribution >= 4 is 46.4 Å². The van der Waals surface area contributed by atoms with E-state index >= 15 is 0 Å². The summed E-state index contributed by atoms with van der Waals surface area (Å²) in [6, 6.07) is 12.9. The van der Waals surface area contributed by atoms with Gasteiger partial charge in [0.2, 0.25) is 5.91 Å². The highest BCUT2D eigenvalue weighted by molar-refractivity contribution is 6.36. The van der Waals surface area contributed by atoms with Crippen LogP contribution in [0.25, 0.3) is 5.57 Å². The number of esters is 1. The lowest BCUT2D eigenvalue weighted by Crippen LogP contribution is -2.43. The number of hydrogen-bond acceptors (Lipinski definition) is 4. The first kappa shape index (κ1) is 19.7. The van der Waals surface area contributed by atoms with Crippen LogP contribution in [0.3, 0.4) is 0 Å². The molecule has 2 aromatic carbocycles.